The topological polar surface area (TPSA) is 35.6 Å². The van der Waals surface area contributed by atoms with Crippen molar-refractivity contribution in [3.8, 4) is 0 Å². The first-order valence-corrected chi connectivity index (χ1v) is 6.34. The summed E-state index contributed by atoms with van der Waals surface area (Å²) in [7, 11) is 0. The SMILES string of the molecule is O=C1NCCN1CCN1CCSCC1. The van der Waals surface area contributed by atoms with E-state index in [-0.39, 0.29) is 6.03 Å². The molecule has 0 atom stereocenters. The van der Waals surface area contributed by atoms with E-state index < -0.39 is 0 Å². The third-order valence-corrected chi connectivity index (χ3v) is 3.68. The van der Waals surface area contributed by atoms with E-state index in [0.29, 0.717) is 0 Å². The van der Waals surface area contributed by atoms with Crippen molar-refractivity contribution in [1.29, 1.82) is 0 Å². The highest BCUT2D eigenvalue weighted by Gasteiger charge is 2.20. The molecular formula is C9H17N3OS. The van der Waals surface area contributed by atoms with Gasteiger partial charge in [-0.15, -0.1) is 0 Å². The molecule has 2 heterocycles. The second-order valence-corrected chi connectivity index (χ2v) is 4.90. The fraction of sp³-hybridized carbons (Fsp3) is 0.889. The average molecular weight is 215 g/mol. The molecule has 2 amide bonds. The highest BCUT2D eigenvalue weighted by molar-refractivity contribution is 7.99. The van der Waals surface area contributed by atoms with Crippen LogP contribution in [0.2, 0.25) is 0 Å². The van der Waals surface area contributed by atoms with E-state index in [4.69, 9.17) is 0 Å². The number of hydrogen-bond acceptors (Lipinski definition) is 3. The predicted octanol–water partition coefficient (Wildman–Crippen LogP) is 0.0604. The molecule has 1 N–H and O–H groups in total. The number of nitrogens with zero attached hydrogens (tertiary/aromatic N) is 2. The lowest BCUT2D eigenvalue weighted by Crippen LogP contribution is -2.40. The van der Waals surface area contributed by atoms with Crippen molar-refractivity contribution in [2.24, 2.45) is 0 Å². The molecule has 2 fully saturated rings. The number of hydrogen-bond donors (Lipinski definition) is 1. The third-order valence-electron chi connectivity index (χ3n) is 2.74. The fourth-order valence-corrected chi connectivity index (χ4v) is 2.79. The van der Waals surface area contributed by atoms with Gasteiger partial charge < -0.3 is 10.2 Å². The Morgan fingerprint density at radius 2 is 2.00 bits per heavy atom. The predicted molar refractivity (Wildman–Crippen MR) is 58.7 cm³/mol. The molecular weight excluding hydrogens is 198 g/mol. The van der Waals surface area contributed by atoms with Gasteiger partial charge in [0.15, 0.2) is 0 Å². The lowest BCUT2D eigenvalue weighted by atomic mass is 10.4. The van der Waals surface area contributed by atoms with E-state index in [0.717, 1.165) is 26.2 Å². The fourth-order valence-electron chi connectivity index (χ4n) is 1.81. The van der Waals surface area contributed by atoms with Gasteiger partial charge in [-0.2, -0.15) is 11.8 Å². The largest absolute Gasteiger partial charge is 0.336 e. The molecule has 0 aromatic heterocycles. The quantitative estimate of drug-likeness (QED) is 0.723. The molecule has 0 radical (unpaired) electrons. The Hall–Kier alpha value is -0.420. The van der Waals surface area contributed by atoms with Crippen LogP contribution in [0.25, 0.3) is 0 Å². The Balaban J connectivity index is 1.68. The summed E-state index contributed by atoms with van der Waals surface area (Å²) < 4.78 is 0. The molecule has 14 heavy (non-hydrogen) atoms. The Kier molecular flexibility index (Phi) is 3.53. The highest BCUT2D eigenvalue weighted by Crippen LogP contribution is 2.08. The average Bonchev–Trinajstić information content (AvgIpc) is 2.63. The van der Waals surface area contributed by atoms with Gasteiger partial charge in [0.25, 0.3) is 0 Å². The van der Waals surface area contributed by atoms with Crippen LogP contribution >= 0.6 is 11.8 Å². The van der Waals surface area contributed by atoms with Crippen molar-refractivity contribution in [3.63, 3.8) is 0 Å². The van der Waals surface area contributed by atoms with Gasteiger partial charge in [-0.25, -0.2) is 4.79 Å². The first-order chi connectivity index (χ1) is 6.86. The van der Waals surface area contributed by atoms with Gasteiger partial charge in [-0.05, 0) is 0 Å². The summed E-state index contributed by atoms with van der Waals surface area (Å²) in [6, 6.07) is 0.108. The van der Waals surface area contributed by atoms with Crippen LogP contribution in [0.4, 0.5) is 4.79 Å². The summed E-state index contributed by atoms with van der Waals surface area (Å²) in [6.45, 7) is 5.97. The molecule has 0 unspecified atom stereocenters. The third kappa shape index (κ3) is 2.54. The second-order valence-electron chi connectivity index (χ2n) is 3.67. The zero-order valence-electron chi connectivity index (χ0n) is 8.37. The maximum atomic E-state index is 11.2. The summed E-state index contributed by atoms with van der Waals surface area (Å²) in [4.78, 5) is 15.6. The van der Waals surface area contributed by atoms with Crippen LogP contribution in [0.5, 0.6) is 0 Å². The Morgan fingerprint density at radius 3 is 2.64 bits per heavy atom. The van der Waals surface area contributed by atoms with Gasteiger partial charge in [0.2, 0.25) is 0 Å². The second kappa shape index (κ2) is 4.89. The summed E-state index contributed by atoms with van der Waals surface area (Å²) in [5.74, 6) is 2.48. The van der Waals surface area contributed by atoms with Crippen LogP contribution in [-0.4, -0.2) is 66.6 Å². The molecule has 5 heteroatoms. The molecule has 2 saturated heterocycles. The standard InChI is InChI=1S/C9H17N3OS/c13-9-10-1-2-12(9)4-3-11-5-7-14-8-6-11/h1-8H2,(H,10,13). The van der Waals surface area contributed by atoms with Crippen molar-refractivity contribution < 1.29 is 4.79 Å². The molecule has 80 valence electrons. The molecule has 0 bridgehead atoms. The summed E-state index contributed by atoms with van der Waals surface area (Å²) in [6.07, 6.45) is 0. The number of carbonyl (C=O) groups excluding carboxylic acids is 1. The lowest BCUT2D eigenvalue weighted by molar-refractivity contribution is 0.205. The molecule has 0 saturated carbocycles. The molecule has 0 aliphatic carbocycles. The van der Waals surface area contributed by atoms with Gasteiger partial charge in [0.05, 0.1) is 0 Å². The molecule has 2 rings (SSSR count). The Labute approximate surface area is 89.0 Å². The van der Waals surface area contributed by atoms with E-state index >= 15 is 0 Å². The van der Waals surface area contributed by atoms with Crippen LogP contribution in [0.1, 0.15) is 0 Å². The Morgan fingerprint density at radius 1 is 1.21 bits per heavy atom. The van der Waals surface area contributed by atoms with E-state index in [2.05, 4.69) is 10.2 Å². The highest BCUT2D eigenvalue weighted by atomic mass is 32.2. The minimum absolute atomic E-state index is 0.108. The lowest BCUT2D eigenvalue weighted by Gasteiger charge is -2.27. The number of nitrogens with one attached hydrogen (secondary N) is 1. The maximum absolute atomic E-state index is 11.2. The monoisotopic (exact) mass is 215 g/mol. The van der Waals surface area contributed by atoms with Crippen LogP contribution in [-0.2, 0) is 0 Å². The molecule has 0 aromatic carbocycles. The normalized spacial score (nSPS) is 24.0. The van der Waals surface area contributed by atoms with Gasteiger partial charge in [-0.3, -0.25) is 4.90 Å². The van der Waals surface area contributed by atoms with Crippen molar-refractivity contribution in [2.75, 3.05) is 50.8 Å². The molecule has 2 aliphatic rings. The van der Waals surface area contributed by atoms with E-state index in [1.807, 2.05) is 16.7 Å². The first kappa shape index (κ1) is 10.1. The van der Waals surface area contributed by atoms with Crippen molar-refractivity contribution in [3.05, 3.63) is 0 Å². The minimum Gasteiger partial charge on any atom is -0.336 e. The number of thioether (sulfide) groups is 1. The van der Waals surface area contributed by atoms with E-state index in [1.54, 1.807) is 0 Å². The van der Waals surface area contributed by atoms with Crippen LogP contribution in [0.3, 0.4) is 0 Å². The molecule has 4 nitrogen and oxygen atoms in total. The van der Waals surface area contributed by atoms with Crippen molar-refractivity contribution in [1.82, 2.24) is 15.1 Å². The zero-order chi connectivity index (χ0) is 9.80. The summed E-state index contributed by atoms with van der Waals surface area (Å²) in [5.41, 5.74) is 0. The first-order valence-electron chi connectivity index (χ1n) is 5.19. The number of carbonyl (C=O) groups is 1. The van der Waals surface area contributed by atoms with Crippen molar-refractivity contribution >= 4 is 17.8 Å². The van der Waals surface area contributed by atoms with Crippen LogP contribution in [0.15, 0.2) is 0 Å². The smallest absolute Gasteiger partial charge is 0.317 e. The van der Waals surface area contributed by atoms with Gasteiger partial charge in [0.1, 0.15) is 0 Å². The maximum Gasteiger partial charge on any atom is 0.317 e. The molecule has 0 spiro atoms. The van der Waals surface area contributed by atoms with Gasteiger partial charge >= 0.3 is 6.03 Å². The number of amides is 2. The van der Waals surface area contributed by atoms with Gasteiger partial charge in [0, 0.05) is 50.8 Å². The van der Waals surface area contributed by atoms with E-state index in [9.17, 15) is 4.79 Å². The zero-order valence-corrected chi connectivity index (χ0v) is 9.18. The van der Waals surface area contributed by atoms with Crippen molar-refractivity contribution in [2.45, 2.75) is 0 Å². The summed E-state index contributed by atoms with van der Waals surface area (Å²) in [5, 5.41) is 2.82. The van der Waals surface area contributed by atoms with Crippen LogP contribution < -0.4 is 5.32 Å². The number of rotatable bonds is 3. The minimum atomic E-state index is 0.108. The summed E-state index contributed by atoms with van der Waals surface area (Å²) >= 11 is 2.02. The Bertz CT molecular complexity index is 206. The molecule has 0 aromatic rings. The van der Waals surface area contributed by atoms with E-state index in [1.165, 1.54) is 24.6 Å². The van der Waals surface area contributed by atoms with Crippen LogP contribution in [0, 0.1) is 0 Å². The molecule has 2 aliphatic heterocycles. The van der Waals surface area contributed by atoms with Gasteiger partial charge in [-0.1, -0.05) is 0 Å². The number of urea groups is 1.